The number of benzene rings is 1. The molecule has 210 valence electrons. The number of ether oxygens (including phenoxy) is 4. The van der Waals surface area contributed by atoms with E-state index < -0.39 is 23.4 Å². The quantitative estimate of drug-likeness (QED) is 0.523. The Kier molecular flexibility index (Phi) is 12.6. The second-order valence-corrected chi connectivity index (χ2v) is 11.2. The van der Waals surface area contributed by atoms with Crippen LogP contribution in [0.1, 0.15) is 47.1 Å². The van der Waals surface area contributed by atoms with Crippen molar-refractivity contribution in [2.24, 2.45) is 0 Å². The topological polar surface area (TPSA) is 110 Å². The van der Waals surface area contributed by atoms with Crippen LogP contribution < -0.4 is 16.0 Å². The first kappa shape index (κ1) is 30.8. The number of carbonyl (C=O) groups is 2. The Labute approximate surface area is 221 Å². The van der Waals surface area contributed by atoms with Crippen molar-refractivity contribution < 1.29 is 28.5 Å². The van der Waals surface area contributed by atoms with E-state index in [9.17, 15) is 9.59 Å². The van der Waals surface area contributed by atoms with Crippen LogP contribution in [-0.4, -0.2) is 93.0 Å². The van der Waals surface area contributed by atoms with Gasteiger partial charge in [0.1, 0.15) is 11.2 Å². The van der Waals surface area contributed by atoms with E-state index in [2.05, 4.69) is 45.1 Å². The maximum absolute atomic E-state index is 11.7. The van der Waals surface area contributed by atoms with E-state index >= 15 is 0 Å². The van der Waals surface area contributed by atoms with Gasteiger partial charge in [0, 0.05) is 45.8 Å². The van der Waals surface area contributed by atoms with Gasteiger partial charge in [-0.05, 0) is 47.1 Å². The van der Waals surface area contributed by atoms with E-state index in [1.807, 2.05) is 47.6 Å². The molecule has 3 rings (SSSR count). The van der Waals surface area contributed by atoms with Gasteiger partial charge in [0.2, 0.25) is 0 Å². The van der Waals surface area contributed by atoms with Gasteiger partial charge < -0.3 is 34.9 Å². The number of nitrogens with one attached hydrogen (secondary N) is 3. The fourth-order valence-electron chi connectivity index (χ4n) is 3.66. The summed E-state index contributed by atoms with van der Waals surface area (Å²) in [5.74, 6) is 0. The fourth-order valence-corrected chi connectivity index (χ4v) is 3.66. The molecule has 0 aliphatic carbocycles. The third kappa shape index (κ3) is 14.8. The van der Waals surface area contributed by atoms with E-state index in [-0.39, 0.29) is 12.2 Å². The summed E-state index contributed by atoms with van der Waals surface area (Å²) in [4.78, 5) is 25.3. The second-order valence-electron chi connectivity index (χ2n) is 11.2. The normalized spacial score (nSPS) is 20.7. The van der Waals surface area contributed by atoms with E-state index in [1.165, 1.54) is 5.56 Å². The molecule has 10 nitrogen and oxygen atoms in total. The third-order valence-electron chi connectivity index (χ3n) is 5.22. The van der Waals surface area contributed by atoms with Crippen molar-refractivity contribution in [3.8, 4) is 0 Å². The lowest BCUT2D eigenvalue weighted by Crippen LogP contribution is -2.47. The smallest absolute Gasteiger partial charge is 0.407 e. The number of alkyl carbamates (subject to hydrolysis) is 2. The summed E-state index contributed by atoms with van der Waals surface area (Å²) < 4.78 is 21.5. The van der Waals surface area contributed by atoms with Crippen molar-refractivity contribution in [2.45, 2.75) is 71.5 Å². The zero-order valence-corrected chi connectivity index (χ0v) is 23.3. The summed E-state index contributed by atoms with van der Waals surface area (Å²) in [6.07, 6.45) is -0.732. The number of hydrogen-bond donors (Lipinski definition) is 3. The minimum atomic E-state index is -0.475. The van der Waals surface area contributed by atoms with Gasteiger partial charge in [-0.3, -0.25) is 4.90 Å². The number of hydrogen-bond acceptors (Lipinski definition) is 8. The molecule has 1 aromatic rings. The Bertz CT molecular complexity index is 803. The zero-order chi connectivity index (χ0) is 27.3. The summed E-state index contributed by atoms with van der Waals surface area (Å²) in [6, 6.07) is 10.4. The standard InChI is InChI=1S/C17H26N2O3.C10H20N2O3/c1-17(2,3)22-16(20)18-11-15-13-19(9-10-21-15)12-14-7-5-4-6-8-14;1-10(2,3)15-9(13)12-7-8-6-11-4-5-14-8/h4-8,15H,9-13H2,1-3H3,(H,18,20);8,11H,4-7H2,1-3H3,(H,12,13). The summed E-state index contributed by atoms with van der Waals surface area (Å²) >= 11 is 0. The van der Waals surface area contributed by atoms with Gasteiger partial charge in [-0.2, -0.15) is 0 Å². The summed E-state index contributed by atoms with van der Waals surface area (Å²) in [6.45, 7) is 17.7. The molecule has 0 bridgehead atoms. The number of morpholine rings is 2. The van der Waals surface area contributed by atoms with E-state index in [0.29, 0.717) is 26.3 Å². The second kappa shape index (κ2) is 15.1. The van der Waals surface area contributed by atoms with Crippen molar-refractivity contribution in [1.29, 1.82) is 0 Å². The first-order chi connectivity index (χ1) is 17.4. The van der Waals surface area contributed by atoms with Crippen LogP contribution in [0.4, 0.5) is 9.59 Å². The molecule has 10 heteroatoms. The molecule has 3 N–H and O–H groups in total. The van der Waals surface area contributed by atoms with Gasteiger partial charge in [0.05, 0.1) is 25.4 Å². The van der Waals surface area contributed by atoms with Crippen LogP contribution in [0.2, 0.25) is 0 Å². The van der Waals surface area contributed by atoms with Gasteiger partial charge in [-0.15, -0.1) is 0 Å². The highest BCUT2D eigenvalue weighted by Crippen LogP contribution is 2.11. The molecule has 0 radical (unpaired) electrons. The SMILES string of the molecule is CC(C)(C)OC(=O)NCC1CN(Cc2ccccc2)CCO1.CC(C)(C)OC(=O)NCC1CNCCO1. The lowest BCUT2D eigenvalue weighted by molar-refractivity contribution is -0.0313. The average molecular weight is 523 g/mol. The summed E-state index contributed by atoms with van der Waals surface area (Å²) in [5.41, 5.74) is 0.371. The summed E-state index contributed by atoms with van der Waals surface area (Å²) in [7, 11) is 0. The van der Waals surface area contributed by atoms with Gasteiger partial charge in [-0.1, -0.05) is 30.3 Å². The van der Waals surface area contributed by atoms with E-state index in [1.54, 1.807) is 0 Å². The first-order valence-electron chi connectivity index (χ1n) is 13.0. The van der Waals surface area contributed by atoms with Gasteiger partial charge >= 0.3 is 12.2 Å². The number of amides is 2. The highest BCUT2D eigenvalue weighted by molar-refractivity contribution is 5.68. The highest BCUT2D eigenvalue weighted by Gasteiger charge is 2.23. The molecule has 0 saturated carbocycles. The van der Waals surface area contributed by atoms with Crippen LogP contribution in [0, 0.1) is 0 Å². The number of nitrogens with zero attached hydrogens (tertiary/aromatic N) is 1. The lowest BCUT2D eigenvalue weighted by atomic mass is 10.2. The summed E-state index contributed by atoms with van der Waals surface area (Å²) in [5, 5.41) is 8.65. The Balaban J connectivity index is 0.000000281. The van der Waals surface area contributed by atoms with Crippen LogP contribution in [0.25, 0.3) is 0 Å². The van der Waals surface area contributed by atoms with Crippen molar-refractivity contribution in [2.75, 3.05) is 52.5 Å². The van der Waals surface area contributed by atoms with Crippen molar-refractivity contribution >= 4 is 12.2 Å². The predicted octanol–water partition coefficient (Wildman–Crippen LogP) is 2.91. The Morgan fingerprint density at radius 2 is 1.49 bits per heavy atom. The van der Waals surface area contributed by atoms with Crippen LogP contribution in [0.5, 0.6) is 0 Å². The van der Waals surface area contributed by atoms with Crippen LogP contribution >= 0.6 is 0 Å². The fraction of sp³-hybridized carbons (Fsp3) is 0.704. The molecule has 2 unspecified atom stereocenters. The molecule has 2 aliphatic heterocycles. The first-order valence-corrected chi connectivity index (χ1v) is 13.0. The number of rotatable bonds is 6. The molecule has 2 fully saturated rings. The minimum Gasteiger partial charge on any atom is -0.444 e. The lowest BCUT2D eigenvalue weighted by Gasteiger charge is -2.33. The zero-order valence-electron chi connectivity index (χ0n) is 23.3. The van der Waals surface area contributed by atoms with E-state index in [0.717, 1.165) is 32.7 Å². The van der Waals surface area contributed by atoms with Crippen LogP contribution in [0.15, 0.2) is 30.3 Å². The van der Waals surface area contributed by atoms with Crippen LogP contribution in [0.3, 0.4) is 0 Å². The predicted molar refractivity (Wildman–Crippen MR) is 143 cm³/mol. The molecule has 37 heavy (non-hydrogen) atoms. The molecule has 2 amide bonds. The maximum atomic E-state index is 11.7. The Hall–Kier alpha value is -2.40. The van der Waals surface area contributed by atoms with Gasteiger partial charge in [0.25, 0.3) is 0 Å². The Morgan fingerprint density at radius 1 is 0.919 bits per heavy atom. The molecular formula is C27H46N4O6. The molecule has 2 saturated heterocycles. The number of carbonyl (C=O) groups excluding carboxylic acids is 2. The molecular weight excluding hydrogens is 476 g/mol. The molecule has 1 aromatic carbocycles. The molecule has 0 aromatic heterocycles. The molecule has 2 atom stereocenters. The van der Waals surface area contributed by atoms with Gasteiger partial charge in [0.15, 0.2) is 0 Å². The Morgan fingerprint density at radius 3 is 2.03 bits per heavy atom. The average Bonchev–Trinajstić information content (AvgIpc) is 2.81. The van der Waals surface area contributed by atoms with Crippen LogP contribution in [-0.2, 0) is 25.5 Å². The van der Waals surface area contributed by atoms with E-state index in [4.69, 9.17) is 18.9 Å². The van der Waals surface area contributed by atoms with Crippen molar-refractivity contribution in [1.82, 2.24) is 20.9 Å². The van der Waals surface area contributed by atoms with Crippen molar-refractivity contribution in [3.05, 3.63) is 35.9 Å². The highest BCUT2D eigenvalue weighted by atomic mass is 16.6. The largest absolute Gasteiger partial charge is 0.444 e. The minimum absolute atomic E-state index is 0.00461. The molecule has 0 spiro atoms. The molecule has 2 aliphatic rings. The maximum Gasteiger partial charge on any atom is 0.407 e. The van der Waals surface area contributed by atoms with Gasteiger partial charge in [-0.25, -0.2) is 9.59 Å². The third-order valence-corrected chi connectivity index (χ3v) is 5.22. The monoisotopic (exact) mass is 522 g/mol. The van der Waals surface area contributed by atoms with Crippen molar-refractivity contribution in [3.63, 3.8) is 0 Å². The molecule has 2 heterocycles.